The number of hydrogen-bond acceptors (Lipinski definition) is 12. The van der Waals surface area contributed by atoms with E-state index in [4.69, 9.17) is 20.0 Å². The molecule has 2 aliphatic heterocycles. The topological polar surface area (TPSA) is 163 Å². The number of β-lactam (4-membered cyclic amide) rings is 1. The van der Waals surface area contributed by atoms with Crippen LogP contribution in [0.2, 0.25) is 0 Å². The van der Waals surface area contributed by atoms with Gasteiger partial charge in [0.1, 0.15) is 29.9 Å². The first-order chi connectivity index (χ1) is 17.5. The van der Waals surface area contributed by atoms with Crippen LogP contribution in [0.25, 0.3) is 0 Å². The molecule has 0 aromatic carbocycles. The van der Waals surface area contributed by atoms with Gasteiger partial charge in [-0.1, -0.05) is 24.2 Å². The highest BCUT2D eigenvalue weighted by Crippen LogP contribution is 2.41. The normalized spacial score (nSPS) is 19.9. The molecule has 14 heteroatoms. The molecular formula is C23H29N5O7S2. The molecule has 0 saturated carbocycles. The maximum atomic E-state index is 13.1. The van der Waals surface area contributed by atoms with Crippen molar-refractivity contribution in [3.8, 4) is 0 Å². The van der Waals surface area contributed by atoms with E-state index in [1.165, 1.54) is 23.8 Å². The molecule has 0 spiro atoms. The van der Waals surface area contributed by atoms with E-state index in [1.54, 1.807) is 32.2 Å². The van der Waals surface area contributed by atoms with E-state index in [2.05, 4.69) is 15.5 Å². The van der Waals surface area contributed by atoms with Gasteiger partial charge in [-0.3, -0.25) is 19.3 Å². The zero-order valence-electron chi connectivity index (χ0n) is 21.1. The average Bonchev–Trinajstić information content (AvgIpc) is 3.28. The van der Waals surface area contributed by atoms with Crippen LogP contribution >= 0.6 is 23.1 Å². The molecule has 2 amide bonds. The first-order valence-corrected chi connectivity index (χ1v) is 13.2. The predicted molar refractivity (Wildman–Crippen MR) is 138 cm³/mol. The van der Waals surface area contributed by atoms with Gasteiger partial charge in [-0.15, -0.1) is 23.1 Å². The number of ether oxygens (including phenoxy) is 2. The summed E-state index contributed by atoms with van der Waals surface area (Å²) in [6, 6.07) is -0.922. The third-order valence-electron chi connectivity index (χ3n) is 5.19. The number of nitrogens with one attached hydrogen (secondary N) is 1. The number of nitrogens with zero attached hydrogens (tertiary/aromatic N) is 3. The van der Waals surface area contributed by atoms with Crippen molar-refractivity contribution in [2.75, 3.05) is 25.4 Å². The fraction of sp³-hybridized carbons (Fsp3) is 0.478. The van der Waals surface area contributed by atoms with Crippen molar-refractivity contribution in [3.63, 3.8) is 0 Å². The summed E-state index contributed by atoms with van der Waals surface area (Å²) in [7, 11) is 1.28. The van der Waals surface area contributed by atoms with Crippen LogP contribution in [0, 0.1) is 5.41 Å². The first-order valence-electron chi connectivity index (χ1n) is 11.3. The number of nitrogen functional groups attached to an aromatic ring is 1. The van der Waals surface area contributed by atoms with E-state index in [-0.39, 0.29) is 22.2 Å². The fourth-order valence-electron chi connectivity index (χ4n) is 3.34. The second kappa shape index (κ2) is 11.8. The van der Waals surface area contributed by atoms with Crippen LogP contribution in [0.15, 0.2) is 34.0 Å². The van der Waals surface area contributed by atoms with E-state index >= 15 is 0 Å². The number of amides is 2. The van der Waals surface area contributed by atoms with E-state index in [0.29, 0.717) is 11.3 Å². The van der Waals surface area contributed by atoms with Crippen LogP contribution < -0.4 is 11.1 Å². The average molecular weight is 552 g/mol. The molecule has 0 radical (unpaired) electrons. The van der Waals surface area contributed by atoms with Gasteiger partial charge in [0.25, 0.3) is 11.8 Å². The fourth-order valence-corrected chi connectivity index (χ4v) is 5.21. The molecule has 37 heavy (non-hydrogen) atoms. The Morgan fingerprint density at radius 3 is 2.65 bits per heavy atom. The monoisotopic (exact) mass is 551 g/mol. The van der Waals surface area contributed by atoms with Crippen molar-refractivity contribution >= 4 is 57.7 Å². The molecule has 1 aromatic heterocycles. The number of fused-ring (bicyclic) bond motifs is 1. The largest absolute Gasteiger partial charge is 0.427 e. The number of nitrogens with two attached hydrogens (primary N) is 1. The summed E-state index contributed by atoms with van der Waals surface area (Å²) in [4.78, 5) is 61.2. The Hall–Kier alpha value is -3.39. The molecule has 0 bridgehead atoms. The van der Waals surface area contributed by atoms with Crippen LogP contribution in [0.1, 0.15) is 39.8 Å². The molecule has 0 unspecified atom stereocenters. The Morgan fingerprint density at radius 2 is 2.05 bits per heavy atom. The highest BCUT2D eigenvalue weighted by atomic mass is 32.2. The number of carbonyl (C=O) groups is 4. The predicted octanol–water partition coefficient (Wildman–Crippen LogP) is 1.79. The summed E-state index contributed by atoms with van der Waals surface area (Å²) < 4.78 is 10.2. The van der Waals surface area contributed by atoms with Gasteiger partial charge in [-0.25, -0.2) is 9.78 Å². The molecule has 12 nitrogen and oxygen atoms in total. The van der Waals surface area contributed by atoms with Crippen LogP contribution in [0.4, 0.5) is 5.13 Å². The zero-order valence-corrected chi connectivity index (χ0v) is 22.7. The Morgan fingerprint density at radius 1 is 1.32 bits per heavy atom. The summed E-state index contributed by atoms with van der Waals surface area (Å²) in [6.07, 6.45) is 4.34. The van der Waals surface area contributed by atoms with Crippen molar-refractivity contribution in [2.24, 2.45) is 10.6 Å². The minimum atomic E-state index is -0.922. The number of allylic oxidation sites excluding steroid dienone is 2. The molecule has 1 saturated heterocycles. The third-order valence-corrected chi connectivity index (χ3v) is 7.16. The number of rotatable bonds is 9. The second-order valence-corrected chi connectivity index (χ2v) is 11.0. The maximum absolute atomic E-state index is 13.1. The summed E-state index contributed by atoms with van der Waals surface area (Å²) in [6.45, 7) is 6.38. The van der Waals surface area contributed by atoms with Crippen molar-refractivity contribution in [1.29, 1.82) is 0 Å². The standard InChI is InChI=1S/C23H29N5O7S2/c1-6-7-8-12-9-36-19-15(26-17(29)14(27-33-5)13-10-37-22(24)25-13)18(30)28(19)16(12)20(31)34-11-35-21(32)23(2,3)4/h7-8,10,15,19H,6,9,11H2,1-5H3,(H2,24,25)(H,26,29)/b8-7+,27-14-/t15-,19+/m1/s1. The molecule has 2 aliphatic rings. The SMILES string of the molecule is CC/C=C/C1=C(C(=O)OCOC(=O)C(C)(C)C)N2C(=O)[C@@H](NC(=O)/C(=N\OC)c3csc(N)n3)[C@@H]2SC1. The number of thioether (sulfide) groups is 1. The van der Waals surface area contributed by atoms with Crippen LogP contribution in [-0.4, -0.2) is 70.4 Å². The third kappa shape index (κ3) is 6.31. The van der Waals surface area contributed by atoms with Gasteiger partial charge in [-0.2, -0.15) is 0 Å². The van der Waals surface area contributed by atoms with Crippen molar-refractivity contribution < 1.29 is 33.5 Å². The summed E-state index contributed by atoms with van der Waals surface area (Å²) in [5.74, 6) is -2.12. The number of carbonyl (C=O) groups excluding carboxylic acids is 4. The highest BCUT2D eigenvalue weighted by molar-refractivity contribution is 8.00. The number of aromatic nitrogens is 1. The number of hydrogen-bond donors (Lipinski definition) is 2. The molecule has 3 heterocycles. The van der Waals surface area contributed by atoms with E-state index in [9.17, 15) is 19.2 Å². The van der Waals surface area contributed by atoms with Gasteiger partial charge in [0.05, 0.1) is 5.41 Å². The first kappa shape index (κ1) is 28.2. The van der Waals surface area contributed by atoms with Crippen LogP contribution in [0.3, 0.4) is 0 Å². The van der Waals surface area contributed by atoms with Gasteiger partial charge >= 0.3 is 11.9 Å². The quantitative estimate of drug-likeness (QED) is 0.152. The highest BCUT2D eigenvalue weighted by Gasteiger charge is 2.54. The Bertz CT molecular complexity index is 1170. The van der Waals surface area contributed by atoms with Gasteiger partial charge in [0, 0.05) is 11.1 Å². The number of oxime groups is 1. The molecule has 3 rings (SSSR count). The number of esters is 2. The zero-order chi connectivity index (χ0) is 27.3. The Labute approximate surface area is 222 Å². The molecule has 1 aromatic rings. The minimum Gasteiger partial charge on any atom is -0.427 e. The summed E-state index contributed by atoms with van der Waals surface area (Å²) in [5, 5.41) is 7.62. The molecule has 0 aliphatic carbocycles. The second-order valence-electron chi connectivity index (χ2n) is 8.97. The number of anilines is 1. The lowest BCUT2D eigenvalue weighted by molar-refractivity contribution is -0.173. The summed E-state index contributed by atoms with van der Waals surface area (Å²) in [5.41, 5.74) is 5.61. The van der Waals surface area contributed by atoms with Crippen molar-refractivity contribution in [2.45, 2.75) is 45.5 Å². The van der Waals surface area contributed by atoms with E-state index in [1.807, 2.05) is 13.0 Å². The van der Waals surface area contributed by atoms with E-state index < -0.39 is 47.4 Å². The lowest BCUT2D eigenvalue weighted by atomic mass is 9.98. The van der Waals surface area contributed by atoms with Crippen LogP contribution in [0.5, 0.6) is 0 Å². The van der Waals surface area contributed by atoms with Gasteiger partial charge in [0.2, 0.25) is 6.79 Å². The van der Waals surface area contributed by atoms with Gasteiger partial charge in [-0.05, 0) is 32.8 Å². The lowest BCUT2D eigenvalue weighted by Crippen LogP contribution is -2.71. The maximum Gasteiger partial charge on any atom is 0.358 e. The van der Waals surface area contributed by atoms with Crippen LogP contribution in [-0.2, 0) is 33.5 Å². The number of thiazole rings is 1. The smallest absolute Gasteiger partial charge is 0.358 e. The van der Waals surface area contributed by atoms with Crippen molar-refractivity contribution in [1.82, 2.24) is 15.2 Å². The van der Waals surface area contributed by atoms with Gasteiger partial charge < -0.3 is 25.4 Å². The Kier molecular flexibility index (Phi) is 8.97. The molecule has 200 valence electrons. The summed E-state index contributed by atoms with van der Waals surface area (Å²) >= 11 is 2.52. The molecule has 2 atom stereocenters. The van der Waals surface area contributed by atoms with E-state index in [0.717, 1.165) is 17.8 Å². The lowest BCUT2D eigenvalue weighted by Gasteiger charge is -2.49. The molecule has 1 fully saturated rings. The molecule has 3 N–H and O–H groups in total. The Balaban J connectivity index is 1.76. The van der Waals surface area contributed by atoms with Gasteiger partial charge in [0.15, 0.2) is 10.8 Å². The molecular weight excluding hydrogens is 522 g/mol. The minimum absolute atomic E-state index is 0.0498. The van der Waals surface area contributed by atoms with Crippen molar-refractivity contribution in [3.05, 3.63) is 34.5 Å².